The Hall–Kier alpha value is -1.51. The molecule has 0 saturated heterocycles. The van der Waals surface area contributed by atoms with Gasteiger partial charge in [0.2, 0.25) is 0 Å². The first-order valence-electron chi connectivity index (χ1n) is 5.70. The molecule has 0 atom stereocenters. The Labute approximate surface area is 96.0 Å². The Morgan fingerprint density at radius 3 is 2.81 bits per heavy atom. The number of carbonyl (C=O) groups is 1. The van der Waals surface area contributed by atoms with Gasteiger partial charge in [0.25, 0.3) is 5.91 Å². The molecule has 0 radical (unpaired) electrons. The average Bonchev–Trinajstić information content (AvgIpc) is 2.28. The smallest absolute Gasteiger partial charge is 0.265 e. The van der Waals surface area contributed by atoms with Crippen molar-refractivity contribution in [3.63, 3.8) is 0 Å². The van der Waals surface area contributed by atoms with E-state index in [-0.39, 0.29) is 12.5 Å². The van der Waals surface area contributed by atoms with E-state index in [1.807, 2.05) is 19.1 Å². The van der Waals surface area contributed by atoms with Crippen LogP contribution in [0, 0.1) is 0 Å². The van der Waals surface area contributed by atoms with Gasteiger partial charge in [0.1, 0.15) is 5.75 Å². The van der Waals surface area contributed by atoms with E-state index in [1.54, 1.807) is 4.90 Å². The lowest BCUT2D eigenvalue weighted by Crippen LogP contribution is -2.38. The lowest BCUT2D eigenvalue weighted by Gasteiger charge is -2.29. The van der Waals surface area contributed by atoms with Gasteiger partial charge in [0.05, 0.1) is 5.69 Å². The van der Waals surface area contributed by atoms with Gasteiger partial charge in [-0.1, -0.05) is 19.9 Å². The molecule has 0 unspecified atom stereocenters. The van der Waals surface area contributed by atoms with Gasteiger partial charge in [-0.2, -0.15) is 0 Å². The minimum atomic E-state index is 0.0345. The van der Waals surface area contributed by atoms with Crippen molar-refractivity contribution in [2.75, 3.05) is 18.1 Å². The summed E-state index contributed by atoms with van der Waals surface area (Å²) in [4.78, 5) is 13.4. The van der Waals surface area contributed by atoms with Crippen LogP contribution in [0.15, 0.2) is 18.2 Å². The molecule has 0 fully saturated rings. The molecule has 1 aromatic rings. The molecule has 0 saturated carbocycles. The molecule has 1 amide bonds. The third-order valence-corrected chi connectivity index (χ3v) is 2.91. The predicted molar refractivity (Wildman–Crippen MR) is 64.1 cm³/mol. The van der Waals surface area contributed by atoms with E-state index >= 15 is 0 Å². The first-order valence-corrected chi connectivity index (χ1v) is 5.70. The Kier molecular flexibility index (Phi) is 2.86. The first kappa shape index (κ1) is 11.0. The van der Waals surface area contributed by atoms with Gasteiger partial charge in [-0.05, 0) is 30.5 Å². The molecule has 0 aliphatic carbocycles. The third kappa shape index (κ3) is 1.77. The molecule has 16 heavy (non-hydrogen) atoms. The lowest BCUT2D eigenvalue weighted by molar-refractivity contribution is -0.121. The maximum absolute atomic E-state index is 11.6. The second kappa shape index (κ2) is 4.16. The summed E-state index contributed by atoms with van der Waals surface area (Å²) in [6.07, 6.45) is 0. The summed E-state index contributed by atoms with van der Waals surface area (Å²) in [5, 5.41) is 0. The molecular weight excluding hydrogens is 202 g/mol. The van der Waals surface area contributed by atoms with Gasteiger partial charge in [-0.25, -0.2) is 0 Å². The van der Waals surface area contributed by atoms with E-state index in [0.717, 1.165) is 11.4 Å². The zero-order chi connectivity index (χ0) is 11.7. The van der Waals surface area contributed by atoms with Crippen molar-refractivity contribution in [3.8, 4) is 5.75 Å². The molecule has 0 spiro atoms. The van der Waals surface area contributed by atoms with E-state index in [1.165, 1.54) is 5.56 Å². The number of hydrogen-bond acceptors (Lipinski definition) is 2. The average molecular weight is 219 g/mol. The Balaban J connectivity index is 2.42. The van der Waals surface area contributed by atoms with Crippen LogP contribution >= 0.6 is 0 Å². The number of amides is 1. The summed E-state index contributed by atoms with van der Waals surface area (Å²) >= 11 is 0. The third-order valence-electron chi connectivity index (χ3n) is 2.91. The van der Waals surface area contributed by atoms with Crippen LogP contribution in [-0.4, -0.2) is 19.1 Å². The number of likely N-dealkylation sites (N-methyl/N-ethyl adjacent to an activating group) is 1. The van der Waals surface area contributed by atoms with Gasteiger partial charge >= 0.3 is 0 Å². The molecule has 1 aliphatic heterocycles. The maximum Gasteiger partial charge on any atom is 0.265 e. The maximum atomic E-state index is 11.6. The summed E-state index contributed by atoms with van der Waals surface area (Å²) in [5.74, 6) is 1.33. The normalized spacial score (nSPS) is 15.0. The number of nitrogens with zero attached hydrogens (tertiary/aromatic N) is 1. The van der Waals surface area contributed by atoms with Crippen molar-refractivity contribution in [1.29, 1.82) is 0 Å². The molecular formula is C13H17NO2. The minimum Gasteiger partial charge on any atom is -0.482 e. The minimum absolute atomic E-state index is 0.0345. The zero-order valence-electron chi connectivity index (χ0n) is 9.99. The van der Waals surface area contributed by atoms with Crippen molar-refractivity contribution in [1.82, 2.24) is 0 Å². The van der Waals surface area contributed by atoms with Crippen LogP contribution in [0.4, 0.5) is 5.69 Å². The molecule has 0 N–H and O–H groups in total. The highest BCUT2D eigenvalue weighted by atomic mass is 16.5. The fraction of sp³-hybridized carbons (Fsp3) is 0.462. The summed E-state index contributed by atoms with van der Waals surface area (Å²) in [5.41, 5.74) is 2.13. The number of carbonyl (C=O) groups excluding carboxylic acids is 1. The number of rotatable bonds is 2. The second-order valence-corrected chi connectivity index (χ2v) is 4.31. The first-order chi connectivity index (χ1) is 7.63. The number of fused-ring (bicyclic) bond motifs is 1. The Morgan fingerprint density at radius 1 is 1.44 bits per heavy atom. The van der Waals surface area contributed by atoms with Crippen LogP contribution in [0.1, 0.15) is 32.3 Å². The lowest BCUT2D eigenvalue weighted by atomic mass is 10.0. The molecule has 1 aliphatic rings. The number of anilines is 1. The molecule has 1 aromatic carbocycles. The molecule has 1 heterocycles. The Bertz CT molecular complexity index is 412. The molecule has 0 aromatic heterocycles. The van der Waals surface area contributed by atoms with E-state index in [2.05, 4.69) is 19.9 Å². The van der Waals surface area contributed by atoms with Gasteiger partial charge in [-0.15, -0.1) is 0 Å². The van der Waals surface area contributed by atoms with Gasteiger partial charge in [-0.3, -0.25) is 4.79 Å². The van der Waals surface area contributed by atoms with Crippen molar-refractivity contribution in [2.45, 2.75) is 26.7 Å². The number of ether oxygens (including phenoxy) is 1. The van der Waals surface area contributed by atoms with Crippen LogP contribution in [0.25, 0.3) is 0 Å². The van der Waals surface area contributed by atoms with Crippen LogP contribution in [-0.2, 0) is 4.79 Å². The number of benzene rings is 1. The number of hydrogen-bond donors (Lipinski definition) is 0. The fourth-order valence-corrected chi connectivity index (χ4v) is 1.93. The molecule has 0 bridgehead atoms. The van der Waals surface area contributed by atoms with Crippen molar-refractivity contribution >= 4 is 11.6 Å². The molecule has 2 rings (SSSR count). The Morgan fingerprint density at radius 2 is 2.19 bits per heavy atom. The molecule has 3 nitrogen and oxygen atoms in total. The van der Waals surface area contributed by atoms with Crippen LogP contribution in [0.3, 0.4) is 0 Å². The highest BCUT2D eigenvalue weighted by Crippen LogP contribution is 2.34. The summed E-state index contributed by atoms with van der Waals surface area (Å²) in [6.45, 7) is 7.11. The van der Waals surface area contributed by atoms with Crippen LogP contribution in [0.5, 0.6) is 5.75 Å². The van der Waals surface area contributed by atoms with Crippen molar-refractivity contribution < 1.29 is 9.53 Å². The summed E-state index contributed by atoms with van der Waals surface area (Å²) < 4.78 is 5.47. The van der Waals surface area contributed by atoms with Gasteiger partial charge in [0.15, 0.2) is 6.61 Å². The van der Waals surface area contributed by atoms with Crippen LogP contribution in [0.2, 0.25) is 0 Å². The van der Waals surface area contributed by atoms with E-state index in [9.17, 15) is 4.79 Å². The van der Waals surface area contributed by atoms with E-state index < -0.39 is 0 Å². The fourth-order valence-electron chi connectivity index (χ4n) is 1.93. The summed E-state index contributed by atoms with van der Waals surface area (Å²) in [7, 11) is 0. The second-order valence-electron chi connectivity index (χ2n) is 4.31. The highest BCUT2D eigenvalue weighted by molar-refractivity contribution is 5.97. The summed E-state index contributed by atoms with van der Waals surface area (Å²) in [6, 6.07) is 6.08. The van der Waals surface area contributed by atoms with E-state index in [0.29, 0.717) is 12.5 Å². The van der Waals surface area contributed by atoms with E-state index in [4.69, 9.17) is 4.74 Å². The standard InChI is InChI=1S/C13H17NO2/c1-4-14-11-6-5-10(9(2)3)7-12(11)16-8-13(14)15/h5-7,9H,4,8H2,1-3H3. The topological polar surface area (TPSA) is 29.5 Å². The van der Waals surface area contributed by atoms with Crippen LogP contribution < -0.4 is 9.64 Å². The highest BCUT2D eigenvalue weighted by Gasteiger charge is 2.24. The molecule has 3 heteroatoms. The quantitative estimate of drug-likeness (QED) is 0.765. The van der Waals surface area contributed by atoms with Crippen molar-refractivity contribution in [3.05, 3.63) is 23.8 Å². The molecule has 86 valence electrons. The predicted octanol–water partition coefficient (Wildman–Crippen LogP) is 2.56. The van der Waals surface area contributed by atoms with Gasteiger partial charge in [0, 0.05) is 6.54 Å². The monoisotopic (exact) mass is 219 g/mol. The largest absolute Gasteiger partial charge is 0.482 e. The zero-order valence-corrected chi connectivity index (χ0v) is 9.99. The SMILES string of the molecule is CCN1C(=O)COc2cc(C(C)C)ccc21. The van der Waals surface area contributed by atoms with Crippen molar-refractivity contribution in [2.24, 2.45) is 0 Å². The van der Waals surface area contributed by atoms with Gasteiger partial charge < -0.3 is 9.64 Å².